The van der Waals surface area contributed by atoms with Gasteiger partial charge in [0.15, 0.2) is 5.96 Å². The van der Waals surface area contributed by atoms with Crippen molar-refractivity contribution in [2.75, 3.05) is 37.8 Å². The maximum Gasteiger partial charge on any atom is 0.211 e. The standard InChI is InChI=1S/C18H22N4O2S/c1-25(23,24)22-13-11-21(12-14-22)18(19)20-17-10-6-5-9-16(17)15-7-3-2-4-8-15/h2-10H,11-14H2,1H3,(H2,19,20). The smallest absolute Gasteiger partial charge is 0.211 e. The Hall–Kier alpha value is -2.38. The van der Waals surface area contributed by atoms with Gasteiger partial charge in [-0.1, -0.05) is 48.5 Å². The molecule has 0 aromatic heterocycles. The average Bonchev–Trinajstić information content (AvgIpc) is 2.62. The van der Waals surface area contributed by atoms with Crippen molar-refractivity contribution in [1.29, 1.82) is 5.41 Å². The first kappa shape index (κ1) is 17.4. The summed E-state index contributed by atoms with van der Waals surface area (Å²) < 4.78 is 24.6. The van der Waals surface area contributed by atoms with E-state index in [4.69, 9.17) is 5.41 Å². The lowest BCUT2D eigenvalue weighted by Gasteiger charge is -2.34. The number of hydrogen-bond donors (Lipinski definition) is 2. The second-order valence-corrected chi connectivity index (χ2v) is 8.02. The molecule has 0 unspecified atom stereocenters. The molecule has 132 valence electrons. The van der Waals surface area contributed by atoms with Crippen molar-refractivity contribution >= 4 is 21.7 Å². The summed E-state index contributed by atoms with van der Waals surface area (Å²) >= 11 is 0. The molecule has 2 aromatic carbocycles. The maximum absolute atomic E-state index is 11.6. The molecule has 1 heterocycles. The van der Waals surface area contributed by atoms with Crippen LogP contribution >= 0.6 is 0 Å². The summed E-state index contributed by atoms with van der Waals surface area (Å²) in [7, 11) is -3.16. The van der Waals surface area contributed by atoms with Crippen molar-refractivity contribution in [2.24, 2.45) is 0 Å². The predicted molar refractivity (Wildman–Crippen MR) is 101 cm³/mol. The molecule has 0 spiro atoms. The SMILES string of the molecule is CS(=O)(=O)N1CCN(C(=N)Nc2ccccc2-c2ccccc2)CC1. The van der Waals surface area contributed by atoms with E-state index in [2.05, 4.69) is 5.32 Å². The van der Waals surface area contributed by atoms with Gasteiger partial charge in [0.1, 0.15) is 0 Å². The summed E-state index contributed by atoms with van der Waals surface area (Å²) in [6.07, 6.45) is 1.22. The summed E-state index contributed by atoms with van der Waals surface area (Å²) in [5.41, 5.74) is 2.98. The molecule has 1 fully saturated rings. The Labute approximate surface area is 148 Å². The molecule has 1 aliphatic rings. The number of nitrogens with zero attached hydrogens (tertiary/aromatic N) is 2. The molecule has 25 heavy (non-hydrogen) atoms. The van der Waals surface area contributed by atoms with Crippen LogP contribution in [-0.2, 0) is 10.0 Å². The lowest BCUT2D eigenvalue weighted by molar-refractivity contribution is 0.266. The highest BCUT2D eigenvalue weighted by Gasteiger charge is 2.24. The summed E-state index contributed by atoms with van der Waals surface area (Å²) in [4.78, 5) is 1.86. The van der Waals surface area contributed by atoms with Gasteiger partial charge in [-0.3, -0.25) is 5.41 Å². The highest BCUT2D eigenvalue weighted by molar-refractivity contribution is 7.88. The Morgan fingerprint density at radius 2 is 1.56 bits per heavy atom. The molecule has 2 N–H and O–H groups in total. The fourth-order valence-electron chi connectivity index (χ4n) is 2.91. The van der Waals surface area contributed by atoms with Gasteiger partial charge in [-0.15, -0.1) is 0 Å². The average molecular weight is 358 g/mol. The fraction of sp³-hybridized carbons (Fsp3) is 0.278. The van der Waals surface area contributed by atoms with Gasteiger partial charge in [0.2, 0.25) is 10.0 Å². The Morgan fingerprint density at radius 3 is 2.20 bits per heavy atom. The van der Waals surface area contributed by atoms with Crippen molar-refractivity contribution in [3.05, 3.63) is 54.6 Å². The first-order chi connectivity index (χ1) is 11.9. The van der Waals surface area contributed by atoms with Crippen LogP contribution in [0.15, 0.2) is 54.6 Å². The van der Waals surface area contributed by atoms with Crippen LogP contribution in [0.2, 0.25) is 0 Å². The predicted octanol–water partition coefficient (Wildman–Crippen LogP) is 2.28. The fourth-order valence-corrected chi connectivity index (χ4v) is 3.74. The first-order valence-corrected chi connectivity index (χ1v) is 10.00. The number of guanidine groups is 1. The molecule has 0 amide bonds. The highest BCUT2D eigenvalue weighted by atomic mass is 32.2. The Bertz CT molecular complexity index is 844. The molecule has 0 bridgehead atoms. The van der Waals surface area contributed by atoms with Crippen molar-refractivity contribution in [3.63, 3.8) is 0 Å². The molecular formula is C18H22N4O2S. The minimum Gasteiger partial charge on any atom is -0.340 e. The molecule has 6 nitrogen and oxygen atoms in total. The van der Waals surface area contributed by atoms with Crippen LogP contribution in [0, 0.1) is 5.41 Å². The number of hydrogen-bond acceptors (Lipinski definition) is 3. The number of sulfonamides is 1. The van der Waals surface area contributed by atoms with E-state index in [-0.39, 0.29) is 5.96 Å². The van der Waals surface area contributed by atoms with Crippen molar-refractivity contribution in [1.82, 2.24) is 9.21 Å². The number of benzene rings is 2. The summed E-state index contributed by atoms with van der Waals surface area (Å²) in [5, 5.41) is 11.5. The molecular weight excluding hydrogens is 336 g/mol. The molecule has 0 radical (unpaired) electrons. The molecule has 1 aliphatic heterocycles. The van der Waals surface area contributed by atoms with Crippen LogP contribution in [0.25, 0.3) is 11.1 Å². The zero-order valence-electron chi connectivity index (χ0n) is 14.1. The third kappa shape index (κ3) is 4.18. The van der Waals surface area contributed by atoms with Gasteiger partial charge in [-0.05, 0) is 11.6 Å². The number of rotatable bonds is 3. The molecule has 0 atom stereocenters. The molecule has 0 aliphatic carbocycles. The van der Waals surface area contributed by atoms with Crippen LogP contribution in [-0.4, -0.2) is 56.0 Å². The van der Waals surface area contributed by atoms with Gasteiger partial charge >= 0.3 is 0 Å². The van der Waals surface area contributed by atoms with Gasteiger partial charge in [-0.25, -0.2) is 8.42 Å². The Kier molecular flexibility index (Phi) is 5.06. The van der Waals surface area contributed by atoms with E-state index in [0.717, 1.165) is 16.8 Å². The maximum atomic E-state index is 11.6. The van der Waals surface area contributed by atoms with Gasteiger partial charge < -0.3 is 10.2 Å². The zero-order chi connectivity index (χ0) is 17.9. The van der Waals surface area contributed by atoms with Crippen LogP contribution in [0.3, 0.4) is 0 Å². The molecule has 3 rings (SSSR count). The van der Waals surface area contributed by atoms with Crippen molar-refractivity contribution < 1.29 is 8.42 Å². The lowest BCUT2D eigenvalue weighted by Crippen LogP contribution is -2.51. The van der Waals surface area contributed by atoms with Gasteiger partial charge in [-0.2, -0.15) is 4.31 Å². The van der Waals surface area contributed by atoms with Crippen LogP contribution in [0.1, 0.15) is 0 Å². The van der Waals surface area contributed by atoms with Crippen molar-refractivity contribution in [3.8, 4) is 11.1 Å². The largest absolute Gasteiger partial charge is 0.340 e. The van der Waals surface area contributed by atoms with Gasteiger partial charge in [0.05, 0.1) is 6.26 Å². The van der Waals surface area contributed by atoms with E-state index in [1.54, 1.807) is 0 Å². The number of piperazine rings is 1. The van der Waals surface area contributed by atoms with Gasteiger partial charge in [0, 0.05) is 37.4 Å². The third-order valence-corrected chi connectivity index (χ3v) is 5.59. The summed E-state index contributed by atoms with van der Waals surface area (Å²) in [6.45, 7) is 1.82. The molecule has 1 saturated heterocycles. The Morgan fingerprint density at radius 1 is 0.960 bits per heavy atom. The van der Waals surface area contributed by atoms with Gasteiger partial charge in [0.25, 0.3) is 0 Å². The van der Waals surface area contributed by atoms with E-state index < -0.39 is 10.0 Å². The zero-order valence-corrected chi connectivity index (χ0v) is 15.0. The van der Waals surface area contributed by atoms with Crippen LogP contribution in [0.5, 0.6) is 0 Å². The third-order valence-electron chi connectivity index (χ3n) is 4.29. The quantitative estimate of drug-likeness (QED) is 0.652. The molecule has 0 saturated carbocycles. The number of para-hydroxylation sites is 1. The highest BCUT2D eigenvalue weighted by Crippen LogP contribution is 2.27. The number of anilines is 1. The number of nitrogens with one attached hydrogen (secondary N) is 2. The van der Waals surface area contributed by atoms with E-state index >= 15 is 0 Å². The van der Waals surface area contributed by atoms with E-state index in [9.17, 15) is 8.42 Å². The Balaban J connectivity index is 1.71. The monoisotopic (exact) mass is 358 g/mol. The van der Waals surface area contributed by atoms with E-state index in [1.165, 1.54) is 10.6 Å². The summed E-state index contributed by atoms with van der Waals surface area (Å²) in [5.74, 6) is 0.288. The minimum atomic E-state index is -3.16. The normalized spacial score (nSPS) is 15.8. The second kappa shape index (κ2) is 7.25. The van der Waals surface area contributed by atoms with E-state index in [1.807, 2.05) is 59.5 Å². The second-order valence-electron chi connectivity index (χ2n) is 6.03. The van der Waals surface area contributed by atoms with Crippen LogP contribution in [0.4, 0.5) is 5.69 Å². The molecule has 2 aromatic rings. The topological polar surface area (TPSA) is 76.5 Å². The summed E-state index contributed by atoms with van der Waals surface area (Å²) in [6, 6.07) is 17.9. The lowest BCUT2D eigenvalue weighted by atomic mass is 10.0. The van der Waals surface area contributed by atoms with E-state index in [0.29, 0.717) is 26.2 Å². The molecule has 7 heteroatoms. The minimum absolute atomic E-state index is 0.288. The van der Waals surface area contributed by atoms with Crippen LogP contribution < -0.4 is 5.32 Å². The first-order valence-electron chi connectivity index (χ1n) is 8.15. The van der Waals surface area contributed by atoms with Crippen molar-refractivity contribution in [2.45, 2.75) is 0 Å².